The number of carboxylic acid groups (broad SMARTS) is 1. The Morgan fingerprint density at radius 1 is 1.63 bits per heavy atom. The molecule has 102 valence electrons. The Balaban J connectivity index is 2.13. The number of carbonyl (C=O) groups is 2. The van der Waals surface area contributed by atoms with Crippen LogP contribution in [0.4, 0.5) is 0 Å². The molecular formula is C13H15ClN2O3. The summed E-state index contributed by atoms with van der Waals surface area (Å²) >= 11 is 5.75. The highest BCUT2D eigenvalue weighted by Gasteiger charge is 2.37. The van der Waals surface area contributed by atoms with E-state index in [0.717, 1.165) is 5.56 Å². The summed E-state index contributed by atoms with van der Waals surface area (Å²) in [6, 6.07) is 2.72. The van der Waals surface area contributed by atoms with Gasteiger partial charge in [-0.25, -0.2) is 4.79 Å². The summed E-state index contributed by atoms with van der Waals surface area (Å²) in [4.78, 5) is 28.6. The van der Waals surface area contributed by atoms with E-state index < -0.39 is 12.0 Å². The number of halogens is 1. The number of pyridine rings is 1. The molecule has 0 aliphatic carbocycles. The monoisotopic (exact) mass is 282 g/mol. The topological polar surface area (TPSA) is 70.5 Å². The van der Waals surface area contributed by atoms with Gasteiger partial charge in [0.25, 0.3) is 0 Å². The molecule has 2 rings (SSSR count). The highest BCUT2D eigenvalue weighted by molar-refractivity contribution is 6.18. The number of rotatable bonds is 5. The normalized spacial score (nSPS) is 20.6. The van der Waals surface area contributed by atoms with Crippen LogP contribution in [0.1, 0.15) is 12.0 Å². The number of hydrogen-bond donors (Lipinski definition) is 1. The zero-order chi connectivity index (χ0) is 13.8. The van der Waals surface area contributed by atoms with Crippen molar-refractivity contribution in [3.63, 3.8) is 0 Å². The summed E-state index contributed by atoms with van der Waals surface area (Å²) in [5, 5.41) is 9.32. The van der Waals surface area contributed by atoms with Crippen molar-refractivity contribution in [3.05, 3.63) is 30.1 Å². The van der Waals surface area contributed by atoms with Crippen molar-refractivity contribution in [2.75, 3.05) is 12.4 Å². The second-order valence-electron chi connectivity index (χ2n) is 4.69. The molecule has 5 nitrogen and oxygen atoms in total. The smallest absolute Gasteiger partial charge is 0.326 e. The molecule has 1 aromatic heterocycles. The Labute approximate surface area is 116 Å². The molecule has 1 saturated heterocycles. The molecule has 2 atom stereocenters. The molecule has 1 N–H and O–H groups in total. The first-order valence-electron chi connectivity index (χ1n) is 6.09. The van der Waals surface area contributed by atoms with Crippen LogP contribution in [-0.2, 0) is 16.0 Å². The lowest BCUT2D eigenvalue weighted by atomic mass is 10.1. The van der Waals surface area contributed by atoms with Gasteiger partial charge in [-0.15, -0.1) is 11.6 Å². The van der Waals surface area contributed by atoms with Crippen LogP contribution in [0.5, 0.6) is 0 Å². The molecular weight excluding hydrogens is 268 g/mol. The number of aliphatic carboxylic acids is 1. The van der Waals surface area contributed by atoms with Crippen molar-refractivity contribution < 1.29 is 14.7 Å². The number of nitrogens with zero attached hydrogens (tertiary/aromatic N) is 2. The maximum atomic E-state index is 11.9. The minimum atomic E-state index is -0.993. The third-order valence-electron chi connectivity index (χ3n) is 3.27. The molecule has 2 heterocycles. The molecule has 2 unspecified atom stereocenters. The van der Waals surface area contributed by atoms with Crippen molar-refractivity contribution in [2.24, 2.45) is 5.92 Å². The van der Waals surface area contributed by atoms with Gasteiger partial charge in [0.15, 0.2) is 0 Å². The van der Waals surface area contributed by atoms with Crippen molar-refractivity contribution in [2.45, 2.75) is 18.9 Å². The van der Waals surface area contributed by atoms with Crippen LogP contribution in [0.3, 0.4) is 0 Å². The van der Waals surface area contributed by atoms with Gasteiger partial charge in [-0.1, -0.05) is 6.07 Å². The quantitative estimate of drug-likeness (QED) is 0.823. The summed E-state index contributed by atoms with van der Waals surface area (Å²) in [7, 11) is 0. The molecule has 1 aromatic rings. The molecule has 0 spiro atoms. The molecule has 0 radical (unpaired) electrons. The Bertz CT molecular complexity index is 466. The van der Waals surface area contributed by atoms with Crippen LogP contribution in [-0.4, -0.2) is 45.3 Å². The summed E-state index contributed by atoms with van der Waals surface area (Å²) < 4.78 is 0. The van der Waals surface area contributed by atoms with E-state index in [1.807, 2.05) is 6.07 Å². The molecule has 1 fully saturated rings. The van der Waals surface area contributed by atoms with Crippen LogP contribution >= 0.6 is 11.6 Å². The lowest BCUT2D eigenvalue weighted by Crippen LogP contribution is -2.43. The zero-order valence-corrected chi connectivity index (χ0v) is 11.1. The van der Waals surface area contributed by atoms with Gasteiger partial charge in [0.2, 0.25) is 5.91 Å². The van der Waals surface area contributed by atoms with Crippen molar-refractivity contribution in [1.82, 2.24) is 9.88 Å². The highest BCUT2D eigenvalue weighted by Crippen LogP contribution is 2.23. The summed E-state index contributed by atoms with van der Waals surface area (Å²) in [5.41, 5.74) is 0.803. The maximum Gasteiger partial charge on any atom is 0.326 e. The molecule has 1 amide bonds. The van der Waals surface area contributed by atoms with Crippen LogP contribution in [0.25, 0.3) is 0 Å². The molecule has 19 heavy (non-hydrogen) atoms. The number of alkyl halides is 1. The van der Waals surface area contributed by atoms with Gasteiger partial charge in [-0.2, -0.15) is 0 Å². The van der Waals surface area contributed by atoms with E-state index >= 15 is 0 Å². The number of carboxylic acids is 1. The number of amides is 1. The van der Waals surface area contributed by atoms with E-state index in [2.05, 4.69) is 4.98 Å². The first-order chi connectivity index (χ1) is 9.11. The van der Waals surface area contributed by atoms with Crippen LogP contribution in [0, 0.1) is 5.92 Å². The second-order valence-corrected chi connectivity index (χ2v) is 5.00. The van der Waals surface area contributed by atoms with Gasteiger partial charge in [-0.05, 0) is 17.5 Å². The van der Waals surface area contributed by atoms with Crippen LogP contribution < -0.4 is 0 Å². The Morgan fingerprint density at radius 2 is 2.42 bits per heavy atom. The first kappa shape index (κ1) is 13.8. The van der Waals surface area contributed by atoms with E-state index in [-0.39, 0.29) is 18.2 Å². The average molecular weight is 283 g/mol. The largest absolute Gasteiger partial charge is 0.480 e. The molecule has 1 aliphatic heterocycles. The van der Waals surface area contributed by atoms with Gasteiger partial charge in [-0.3, -0.25) is 9.78 Å². The minimum absolute atomic E-state index is 0.0462. The first-order valence-corrected chi connectivity index (χ1v) is 6.62. The predicted octanol–water partition coefficient (Wildman–Crippen LogP) is 1.16. The van der Waals surface area contributed by atoms with Gasteiger partial charge in [0.1, 0.15) is 6.04 Å². The molecule has 0 saturated carbocycles. The number of aromatic nitrogens is 1. The van der Waals surface area contributed by atoms with Gasteiger partial charge in [0, 0.05) is 37.7 Å². The van der Waals surface area contributed by atoms with E-state index in [4.69, 9.17) is 11.6 Å². The summed E-state index contributed by atoms with van der Waals surface area (Å²) in [6.07, 6.45) is 3.85. The maximum absolute atomic E-state index is 11.9. The Hall–Kier alpha value is -1.62. The standard InChI is InChI=1S/C13H15ClN2O3/c14-6-10-5-12(17)16(8-10)11(13(18)19)4-9-2-1-3-15-7-9/h1-3,7,10-11H,4-6,8H2,(H,18,19). The van der Waals surface area contributed by atoms with Gasteiger partial charge < -0.3 is 10.0 Å². The fourth-order valence-electron chi connectivity index (χ4n) is 2.29. The lowest BCUT2D eigenvalue weighted by molar-refractivity contribution is -0.148. The van der Waals surface area contributed by atoms with E-state index in [0.29, 0.717) is 18.8 Å². The molecule has 1 aliphatic rings. The van der Waals surface area contributed by atoms with Gasteiger partial charge in [0.05, 0.1) is 0 Å². The molecule has 6 heteroatoms. The third-order valence-corrected chi connectivity index (χ3v) is 3.71. The number of likely N-dealkylation sites (tertiary alicyclic amines) is 1. The summed E-state index contributed by atoms with van der Waals surface area (Å²) in [6.45, 7) is 0.416. The fourth-order valence-corrected chi connectivity index (χ4v) is 2.49. The lowest BCUT2D eigenvalue weighted by Gasteiger charge is -2.24. The van der Waals surface area contributed by atoms with Crippen LogP contribution in [0.15, 0.2) is 24.5 Å². The minimum Gasteiger partial charge on any atom is -0.480 e. The number of carbonyl (C=O) groups excluding carboxylic acids is 1. The second kappa shape index (κ2) is 6.02. The predicted molar refractivity (Wildman–Crippen MR) is 69.9 cm³/mol. The molecule has 0 bridgehead atoms. The van der Waals surface area contributed by atoms with Crippen LogP contribution in [0.2, 0.25) is 0 Å². The number of hydrogen-bond acceptors (Lipinski definition) is 3. The fraction of sp³-hybridized carbons (Fsp3) is 0.462. The Morgan fingerprint density at radius 3 is 2.95 bits per heavy atom. The van der Waals surface area contributed by atoms with E-state index in [9.17, 15) is 14.7 Å². The highest BCUT2D eigenvalue weighted by atomic mass is 35.5. The summed E-state index contributed by atoms with van der Waals surface area (Å²) in [5.74, 6) is -0.708. The van der Waals surface area contributed by atoms with E-state index in [1.54, 1.807) is 18.5 Å². The molecule has 0 aromatic carbocycles. The van der Waals surface area contributed by atoms with E-state index in [1.165, 1.54) is 4.90 Å². The van der Waals surface area contributed by atoms with Crippen molar-refractivity contribution >= 4 is 23.5 Å². The average Bonchev–Trinajstić information content (AvgIpc) is 2.78. The van der Waals surface area contributed by atoms with Crippen molar-refractivity contribution in [3.8, 4) is 0 Å². The van der Waals surface area contributed by atoms with Crippen molar-refractivity contribution in [1.29, 1.82) is 0 Å². The third kappa shape index (κ3) is 3.23. The van der Waals surface area contributed by atoms with Gasteiger partial charge >= 0.3 is 5.97 Å². The SMILES string of the molecule is O=C(O)C(Cc1cccnc1)N1CC(CCl)CC1=O. The zero-order valence-electron chi connectivity index (χ0n) is 10.3. The Kier molecular flexibility index (Phi) is 4.37.